The van der Waals surface area contributed by atoms with E-state index in [1.807, 2.05) is 77.7 Å². The molecule has 0 aliphatic rings. The van der Waals surface area contributed by atoms with Crippen molar-refractivity contribution in [3.8, 4) is 0 Å². The van der Waals surface area contributed by atoms with Crippen LogP contribution in [0.4, 0.5) is 0 Å². The largest absolute Gasteiger partial charge is 0.467 e. The number of thiophene rings is 1. The normalized spacial score (nSPS) is 11.0. The van der Waals surface area contributed by atoms with Crippen molar-refractivity contribution >= 4 is 17.2 Å². The van der Waals surface area contributed by atoms with Gasteiger partial charge in [-0.25, -0.2) is 0 Å². The molecule has 0 radical (unpaired) electrons. The molecule has 146 valence electrons. The average molecular weight is 402 g/mol. The van der Waals surface area contributed by atoms with Crippen molar-refractivity contribution < 1.29 is 9.21 Å². The molecule has 1 amide bonds. The van der Waals surface area contributed by atoms with Crippen LogP contribution in [0.15, 0.2) is 94.9 Å². The number of benzene rings is 2. The van der Waals surface area contributed by atoms with E-state index in [0.717, 1.165) is 16.9 Å². The van der Waals surface area contributed by atoms with Gasteiger partial charge in [0.25, 0.3) is 0 Å². The second-order valence-electron chi connectivity index (χ2n) is 7.05. The quantitative estimate of drug-likeness (QED) is 0.380. The van der Waals surface area contributed by atoms with Gasteiger partial charge in [-0.2, -0.15) is 0 Å². The Morgan fingerprint density at radius 1 is 0.897 bits per heavy atom. The molecular formula is C25H23NO2S. The predicted octanol–water partition coefficient (Wildman–Crippen LogP) is 6.01. The maximum Gasteiger partial charge on any atom is 0.235 e. The van der Waals surface area contributed by atoms with E-state index in [-0.39, 0.29) is 11.8 Å². The smallest absolute Gasteiger partial charge is 0.235 e. The van der Waals surface area contributed by atoms with E-state index in [9.17, 15) is 4.79 Å². The summed E-state index contributed by atoms with van der Waals surface area (Å²) >= 11 is 1.69. The van der Waals surface area contributed by atoms with Crippen molar-refractivity contribution in [3.05, 3.63) is 118 Å². The van der Waals surface area contributed by atoms with E-state index in [0.29, 0.717) is 13.1 Å². The molecule has 0 fully saturated rings. The summed E-state index contributed by atoms with van der Waals surface area (Å²) in [6.45, 7) is 3.10. The van der Waals surface area contributed by atoms with Crippen molar-refractivity contribution in [2.24, 2.45) is 0 Å². The minimum Gasteiger partial charge on any atom is -0.467 e. The van der Waals surface area contributed by atoms with Gasteiger partial charge in [-0.05, 0) is 47.2 Å². The second kappa shape index (κ2) is 8.93. The fourth-order valence-corrected chi connectivity index (χ4v) is 4.41. The summed E-state index contributed by atoms with van der Waals surface area (Å²) in [5.74, 6) is 0.506. The van der Waals surface area contributed by atoms with E-state index in [1.54, 1.807) is 17.6 Å². The second-order valence-corrected chi connectivity index (χ2v) is 8.06. The number of aryl methyl sites for hydroxylation is 1. The SMILES string of the molecule is Cc1ccsc1CN(Cc1ccco1)C(=O)C(c1ccccc1)c1ccccc1. The average Bonchev–Trinajstić information content (AvgIpc) is 3.41. The van der Waals surface area contributed by atoms with Gasteiger partial charge in [0.1, 0.15) is 5.76 Å². The Hall–Kier alpha value is -3.11. The molecule has 0 aliphatic heterocycles. The van der Waals surface area contributed by atoms with E-state index in [1.165, 1.54) is 10.4 Å². The van der Waals surface area contributed by atoms with Gasteiger partial charge < -0.3 is 9.32 Å². The third-order valence-electron chi connectivity index (χ3n) is 5.05. The number of carbonyl (C=O) groups excluding carboxylic acids is 1. The number of rotatable bonds is 7. The summed E-state index contributed by atoms with van der Waals surface area (Å²) in [7, 11) is 0. The molecule has 0 unspecified atom stereocenters. The molecule has 29 heavy (non-hydrogen) atoms. The fraction of sp³-hybridized carbons (Fsp3) is 0.160. The van der Waals surface area contributed by atoms with Gasteiger partial charge in [-0.15, -0.1) is 11.3 Å². The summed E-state index contributed by atoms with van der Waals surface area (Å²) in [6, 6.07) is 25.9. The van der Waals surface area contributed by atoms with Crippen LogP contribution in [0.1, 0.15) is 33.2 Å². The monoisotopic (exact) mass is 401 g/mol. The van der Waals surface area contributed by atoms with Crippen LogP contribution in [0.3, 0.4) is 0 Å². The van der Waals surface area contributed by atoms with Crippen molar-refractivity contribution in [1.29, 1.82) is 0 Å². The molecule has 0 N–H and O–H groups in total. The zero-order chi connectivity index (χ0) is 20.1. The van der Waals surface area contributed by atoms with Crippen LogP contribution >= 0.6 is 11.3 Å². The van der Waals surface area contributed by atoms with Crippen molar-refractivity contribution in [2.75, 3.05) is 0 Å². The Balaban J connectivity index is 1.72. The lowest BCUT2D eigenvalue weighted by molar-refractivity contribution is -0.133. The first-order chi connectivity index (χ1) is 14.2. The van der Waals surface area contributed by atoms with Crippen LogP contribution in [0, 0.1) is 6.92 Å². The molecule has 4 heteroatoms. The molecule has 2 heterocycles. The van der Waals surface area contributed by atoms with Crippen LogP contribution in [0.5, 0.6) is 0 Å². The molecule has 0 spiro atoms. The number of amides is 1. The van der Waals surface area contributed by atoms with Crippen LogP contribution < -0.4 is 0 Å². The van der Waals surface area contributed by atoms with Crippen LogP contribution in [-0.4, -0.2) is 10.8 Å². The first-order valence-electron chi connectivity index (χ1n) is 9.66. The number of hydrogen-bond acceptors (Lipinski definition) is 3. The highest BCUT2D eigenvalue weighted by molar-refractivity contribution is 7.10. The number of nitrogens with zero attached hydrogens (tertiary/aromatic N) is 1. The van der Waals surface area contributed by atoms with Crippen molar-refractivity contribution in [1.82, 2.24) is 4.90 Å². The first kappa shape index (κ1) is 19.2. The molecule has 0 atom stereocenters. The molecule has 2 aromatic carbocycles. The van der Waals surface area contributed by atoms with Gasteiger partial charge in [0, 0.05) is 4.88 Å². The molecule has 4 aromatic rings. The topological polar surface area (TPSA) is 33.5 Å². The lowest BCUT2D eigenvalue weighted by Crippen LogP contribution is -2.34. The Bertz CT molecular complexity index is 999. The minimum atomic E-state index is -0.354. The van der Waals surface area contributed by atoms with Gasteiger partial charge in [0.2, 0.25) is 5.91 Å². The Morgan fingerprint density at radius 3 is 2.07 bits per heavy atom. The van der Waals surface area contributed by atoms with E-state index < -0.39 is 0 Å². The molecule has 0 saturated carbocycles. The molecule has 2 aromatic heterocycles. The molecule has 0 saturated heterocycles. The van der Waals surface area contributed by atoms with Crippen LogP contribution in [-0.2, 0) is 17.9 Å². The minimum absolute atomic E-state index is 0.0756. The molecule has 0 aliphatic carbocycles. The maximum atomic E-state index is 13.9. The van der Waals surface area contributed by atoms with E-state index in [4.69, 9.17) is 4.42 Å². The molecule has 0 bridgehead atoms. The highest BCUT2D eigenvalue weighted by atomic mass is 32.1. The number of furan rings is 1. The molecule has 4 rings (SSSR count). The molecular weight excluding hydrogens is 378 g/mol. The van der Waals surface area contributed by atoms with Gasteiger partial charge in [-0.1, -0.05) is 60.7 Å². The van der Waals surface area contributed by atoms with Gasteiger partial charge >= 0.3 is 0 Å². The molecule has 3 nitrogen and oxygen atoms in total. The Labute approximate surface area is 175 Å². The van der Waals surface area contributed by atoms with Gasteiger partial charge in [0.15, 0.2) is 0 Å². The lowest BCUT2D eigenvalue weighted by Gasteiger charge is -2.27. The zero-order valence-corrected chi connectivity index (χ0v) is 17.1. The highest BCUT2D eigenvalue weighted by Gasteiger charge is 2.28. The maximum absolute atomic E-state index is 13.9. The van der Waals surface area contributed by atoms with Crippen molar-refractivity contribution in [3.63, 3.8) is 0 Å². The number of hydrogen-bond donors (Lipinski definition) is 0. The predicted molar refractivity (Wildman–Crippen MR) is 117 cm³/mol. The van der Waals surface area contributed by atoms with E-state index in [2.05, 4.69) is 18.4 Å². The standard InChI is InChI=1S/C25H23NO2S/c1-19-14-16-29-23(19)18-26(17-22-13-8-15-28-22)25(27)24(20-9-4-2-5-10-20)21-11-6-3-7-12-21/h2-16,24H,17-18H2,1H3. The lowest BCUT2D eigenvalue weighted by atomic mass is 9.90. The zero-order valence-electron chi connectivity index (χ0n) is 16.3. The van der Waals surface area contributed by atoms with Crippen LogP contribution in [0.25, 0.3) is 0 Å². The summed E-state index contributed by atoms with van der Waals surface area (Å²) in [6.07, 6.45) is 1.65. The summed E-state index contributed by atoms with van der Waals surface area (Å²) in [5.41, 5.74) is 3.20. The third-order valence-corrected chi connectivity index (χ3v) is 6.06. The Morgan fingerprint density at radius 2 is 1.55 bits per heavy atom. The van der Waals surface area contributed by atoms with Gasteiger partial charge in [-0.3, -0.25) is 4.79 Å². The third kappa shape index (κ3) is 4.49. The Kier molecular flexibility index (Phi) is 5.92. The van der Waals surface area contributed by atoms with E-state index >= 15 is 0 Å². The number of carbonyl (C=O) groups is 1. The summed E-state index contributed by atoms with van der Waals surface area (Å²) < 4.78 is 5.56. The van der Waals surface area contributed by atoms with Crippen LogP contribution in [0.2, 0.25) is 0 Å². The van der Waals surface area contributed by atoms with Crippen molar-refractivity contribution in [2.45, 2.75) is 25.9 Å². The van der Waals surface area contributed by atoms with Gasteiger partial charge in [0.05, 0.1) is 25.3 Å². The highest BCUT2D eigenvalue weighted by Crippen LogP contribution is 2.29. The summed E-state index contributed by atoms with van der Waals surface area (Å²) in [5, 5.41) is 2.08. The summed E-state index contributed by atoms with van der Waals surface area (Å²) in [4.78, 5) is 17.0. The fourth-order valence-electron chi connectivity index (χ4n) is 3.49. The first-order valence-corrected chi connectivity index (χ1v) is 10.5.